The van der Waals surface area contributed by atoms with Gasteiger partial charge in [-0.1, -0.05) is 6.92 Å². The molecule has 1 saturated heterocycles. The number of hydrogen-bond acceptors (Lipinski definition) is 4. The molecule has 1 fully saturated rings. The van der Waals surface area contributed by atoms with Crippen LogP contribution in [-0.2, 0) is 0 Å². The number of nitrogens with two attached hydrogens (primary N) is 1. The smallest absolute Gasteiger partial charge is 0.0960 e. The maximum atomic E-state index is 5.78. The van der Waals surface area contributed by atoms with E-state index in [-0.39, 0.29) is 0 Å². The van der Waals surface area contributed by atoms with Crippen LogP contribution in [0.25, 0.3) is 0 Å². The third kappa shape index (κ3) is 3.06. The SMILES string of the molecule is CCC(CN)c1csc(C2CCN(C)CC2)n1. The number of rotatable bonds is 4. The Labute approximate surface area is 108 Å². The molecule has 1 aliphatic heterocycles. The van der Waals surface area contributed by atoms with E-state index in [1.165, 1.54) is 36.6 Å². The standard InChI is InChI=1S/C13H23N3S/c1-3-10(8-14)12-9-17-13(15-12)11-4-6-16(2)7-5-11/h9-11H,3-8,14H2,1-2H3. The second kappa shape index (κ2) is 5.94. The molecular formula is C13H23N3S. The summed E-state index contributed by atoms with van der Waals surface area (Å²) in [5.74, 6) is 1.13. The van der Waals surface area contributed by atoms with E-state index in [1.807, 2.05) is 11.3 Å². The van der Waals surface area contributed by atoms with Crippen LogP contribution >= 0.6 is 11.3 Å². The Balaban J connectivity index is 2.02. The lowest BCUT2D eigenvalue weighted by Gasteiger charge is -2.27. The number of thiazole rings is 1. The lowest BCUT2D eigenvalue weighted by Crippen LogP contribution is -2.29. The highest BCUT2D eigenvalue weighted by Gasteiger charge is 2.22. The largest absolute Gasteiger partial charge is 0.330 e. The fourth-order valence-electron chi connectivity index (χ4n) is 2.43. The molecule has 3 nitrogen and oxygen atoms in total. The van der Waals surface area contributed by atoms with Gasteiger partial charge < -0.3 is 10.6 Å². The minimum Gasteiger partial charge on any atom is -0.330 e. The van der Waals surface area contributed by atoms with Gasteiger partial charge in [0, 0.05) is 23.8 Å². The number of hydrogen-bond donors (Lipinski definition) is 1. The molecule has 2 N–H and O–H groups in total. The van der Waals surface area contributed by atoms with Crippen molar-refractivity contribution in [3.63, 3.8) is 0 Å². The van der Waals surface area contributed by atoms with Crippen LogP contribution in [0, 0.1) is 0 Å². The molecule has 0 aromatic carbocycles. The van der Waals surface area contributed by atoms with Crippen LogP contribution in [0.2, 0.25) is 0 Å². The fraction of sp³-hybridized carbons (Fsp3) is 0.769. The lowest BCUT2D eigenvalue weighted by atomic mass is 9.97. The van der Waals surface area contributed by atoms with Gasteiger partial charge in [-0.2, -0.15) is 0 Å². The van der Waals surface area contributed by atoms with E-state index < -0.39 is 0 Å². The molecule has 0 bridgehead atoms. The monoisotopic (exact) mass is 253 g/mol. The summed E-state index contributed by atoms with van der Waals surface area (Å²) >= 11 is 1.83. The van der Waals surface area contributed by atoms with E-state index in [1.54, 1.807) is 0 Å². The second-order valence-corrected chi connectivity index (χ2v) is 5.92. The van der Waals surface area contributed by atoms with E-state index in [2.05, 4.69) is 24.3 Å². The Kier molecular flexibility index (Phi) is 4.54. The van der Waals surface area contributed by atoms with Gasteiger partial charge in [-0.3, -0.25) is 0 Å². The zero-order valence-corrected chi connectivity index (χ0v) is 11.7. The van der Waals surface area contributed by atoms with Crippen LogP contribution < -0.4 is 5.73 Å². The van der Waals surface area contributed by atoms with Gasteiger partial charge in [0.1, 0.15) is 0 Å². The third-order valence-electron chi connectivity index (χ3n) is 3.80. The summed E-state index contributed by atoms with van der Waals surface area (Å²) in [5, 5.41) is 3.55. The number of likely N-dealkylation sites (tertiary alicyclic amines) is 1. The molecule has 1 aromatic rings. The summed E-state index contributed by atoms with van der Waals surface area (Å²) in [6.45, 7) is 5.31. The predicted octanol–water partition coefficient (Wildman–Crippen LogP) is 2.40. The van der Waals surface area contributed by atoms with Crippen molar-refractivity contribution in [3.05, 3.63) is 16.1 Å². The molecule has 2 rings (SSSR count). The van der Waals surface area contributed by atoms with Crippen molar-refractivity contribution in [1.29, 1.82) is 0 Å². The van der Waals surface area contributed by atoms with Crippen molar-refractivity contribution in [2.75, 3.05) is 26.7 Å². The van der Waals surface area contributed by atoms with Crippen LogP contribution in [0.4, 0.5) is 0 Å². The lowest BCUT2D eigenvalue weighted by molar-refractivity contribution is 0.255. The van der Waals surface area contributed by atoms with Crippen molar-refractivity contribution in [3.8, 4) is 0 Å². The summed E-state index contributed by atoms with van der Waals surface area (Å²) in [4.78, 5) is 7.22. The van der Waals surface area contributed by atoms with Gasteiger partial charge in [-0.25, -0.2) is 4.98 Å². The van der Waals surface area contributed by atoms with Gasteiger partial charge in [0.15, 0.2) is 0 Å². The van der Waals surface area contributed by atoms with E-state index in [0.29, 0.717) is 18.4 Å². The van der Waals surface area contributed by atoms with Crippen LogP contribution in [0.15, 0.2) is 5.38 Å². The third-order valence-corrected chi connectivity index (χ3v) is 4.83. The summed E-state index contributed by atoms with van der Waals surface area (Å²) in [6.07, 6.45) is 3.60. The highest BCUT2D eigenvalue weighted by atomic mass is 32.1. The Morgan fingerprint density at radius 2 is 2.24 bits per heavy atom. The first-order valence-electron chi connectivity index (χ1n) is 6.58. The summed E-state index contributed by atoms with van der Waals surface area (Å²) in [7, 11) is 2.20. The molecule has 0 saturated carbocycles. The molecule has 1 aliphatic rings. The number of nitrogens with zero attached hydrogens (tertiary/aromatic N) is 2. The Morgan fingerprint density at radius 1 is 1.53 bits per heavy atom. The molecule has 1 atom stereocenters. The van der Waals surface area contributed by atoms with Crippen molar-refractivity contribution >= 4 is 11.3 Å². The van der Waals surface area contributed by atoms with Crippen molar-refractivity contribution < 1.29 is 0 Å². The summed E-state index contributed by atoms with van der Waals surface area (Å²) in [5.41, 5.74) is 7.00. The Hall–Kier alpha value is -0.450. The molecule has 0 radical (unpaired) electrons. The molecule has 17 heavy (non-hydrogen) atoms. The normalized spacial score (nSPS) is 20.6. The van der Waals surface area contributed by atoms with Gasteiger partial charge in [-0.05, 0) is 39.4 Å². The molecule has 96 valence electrons. The van der Waals surface area contributed by atoms with Crippen LogP contribution in [0.1, 0.15) is 48.7 Å². The van der Waals surface area contributed by atoms with Gasteiger partial charge in [-0.15, -0.1) is 11.3 Å². The Bertz CT molecular complexity index is 338. The van der Waals surface area contributed by atoms with E-state index >= 15 is 0 Å². The molecule has 1 aromatic heterocycles. The molecule has 4 heteroatoms. The fourth-order valence-corrected chi connectivity index (χ4v) is 3.50. The molecule has 2 heterocycles. The van der Waals surface area contributed by atoms with Crippen LogP contribution in [0.5, 0.6) is 0 Å². The van der Waals surface area contributed by atoms with Gasteiger partial charge >= 0.3 is 0 Å². The maximum absolute atomic E-state index is 5.78. The van der Waals surface area contributed by atoms with Crippen molar-refractivity contribution in [1.82, 2.24) is 9.88 Å². The van der Waals surface area contributed by atoms with Gasteiger partial charge in [0.2, 0.25) is 0 Å². The van der Waals surface area contributed by atoms with Crippen LogP contribution in [-0.4, -0.2) is 36.6 Å². The highest BCUT2D eigenvalue weighted by molar-refractivity contribution is 7.09. The predicted molar refractivity (Wildman–Crippen MR) is 73.7 cm³/mol. The first kappa shape index (κ1) is 13.0. The zero-order valence-electron chi connectivity index (χ0n) is 10.9. The zero-order chi connectivity index (χ0) is 12.3. The molecule has 0 spiro atoms. The molecular weight excluding hydrogens is 230 g/mol. The topological polar surface area (TPSA) is 42.1 Å². The van der Waals surface area contributed by atoms with Crippen molar-refractivity contribution in [2.24, 2.45) is 5.73 Å². The summed E-state index contributed by atoms with van der Waals surface area (Å²) in [6, 6.07) is 0. The molecule has 1 unspecified atom stereocenters. The highest BCUT2D eigenvalue weighted by Crippen LogP contribution is 2.31. The van der Waals surface area contributed by atoms with Crippen LogP contribution in [0.3, 0.4) is 0 Å². The first-order valence-corrected chi connectivity index (χ1v) is 7.46. The van der Waals surface area contributed by atoms with Crippen molar-refractivity contribution in [2.45, 2.75) is 38.0 Å². The quantitative estimate of drug-likeness (QED) is 0.896. The molecule has 0 amide bonds. The van der Waals surface area contributed by atoms with E-state index in [0.717, 1.165) is 6.42 Å². The average molecular weight is 253 g/mol. The summed E-state index contributed by atoms with van der Waals surface area (Å²) < 4.78 is 0. The van der Waals surface area contributed by atoms with Gasteiger partial charge in [0.25, 0.3) is 0 Å². The average Bonchev–Trinajstić information content (AvgIpc) is 2.81. The number of aromatic nitrogens is 1. The number of piperidine rings is 1. The first-order chi connectivity index (χ1) is 8.24. The molecule has 0 aliphatic carbocycles. The van der Waals surface area contributed by atoms with E-state index in [4.69, 9.17) is 10.7 Å². The minimum absolute atomic E-state index is 0.450. The maximum Gasteiger partial charge on any atom is 0.0960 e. The Morgan fingerprint density at radius 3 is 2.82 bits per heavy atom. The second-order valence-electron chi connectivity index (χ2n) is 5.03. The van der Waals surface area contributed by atoms with E-state index in [9.17, 15) is 0 Å². The van der Waals surface area contributed by atoms with Gasteiger partial charge in [0.05, 0.1) is 10.7 Å². The minimum atomic E-state index is 0.450.